The molecule has 0 aromatic heterocycles. The van der Waals surface area contributed by atoms with Gasteiger partial charge in [0.1, 0.15) is 19.8 Å². The molecule has 3 aliphatic rings. The average molecular weight is 2090 g/mol. The fourth-order valence-corrected chi connectivity index (χ4v) is 12.1. The number of alkyl halides is 6. The van der Waals surface area contributed by atoms with Crippen LogP contribution in [-0.4, -0.2) is 232 Å². The Bertz CT molecular complexity index is 3430. The van der Waals surface area contributed by atoms with Gasteiger partial charge in [-0.3, -0.25) is 19.7 Å². The van der Waals surface area contributed by atoms with Crippen molar-refractivity contribution in [2.45, 2.75) is 295 Å². The van der Waals surface area contributed by atoms with Crippen LogP contribution in [0.1, 0.15) is 251 Å². The molecule has 0 radical (unpaired) electrons. The van der Waals surface area contributed by atoms with Crippen LogP contribution in [0.2, 0.25) is 0 Å². The standard InChI is InChI=1S/2C34H56N4O2.C6H12O2.C4H9NO5.C4H10O3.2C2HF3O2.2C2H4O2.4Zn/c2*1-31(2,3)27-11-23-15-35-19-33(7,8)21-37-17-25-13-28(32(4,5)6)14-26(30(25)40)18-38-22-34(9,10)20-36-16-24(12-27)29(23)39;7-5-3-1-2-4-6(5)8;6-1-4(2-7,3-8)5(9)10;5-2-1-4(7)3-6;2*3-2(4,5)1(6)7;2*1-2(3)4;;;;/h2*11-14,35-40H,15-22H2,1-10H3;5-8H,1-4H2;6-8H,1-3H2;4-7H,1-3H2;2*(H,6,7);2*1H3,(H,3,4);;;;/p+4. The fraction of sp³-hybridized carbons (Fsp3) is 0.689. The second-order valence-corrected chi connectivity index (χ2v) is 39.5. The van der Waals surface area contributed by atoms with Crippen LogP contribution >= 0.6 is 0 Å². The summed E-state index contributed by atoms with van der Waals surface area (Å²) in [5, 5.41) is 172. The van der Waals surface area contributed by atoms with Crippen LogP contribution in [0.25, 0.3) is 0 Å². The second kappa shape index (κ2) is 62.6. The monoisotopic (exact) mass is 2090 g/mol. The van der Waals surface area contributed by atoms with E-state index < -0.39 is 84.8 Å². The summed E-state index contributed by atoms with van der Waals surface area (Å²) >= 11 is 0. The molecule has 7 rings (SSSR count). The van der Waals surface area contributed by atoms with E-state index in [0.29, 0.717) is 75.4 Å². The van der Waals surface area contributed by atoms with E-state index in [1.54, 1.807) is 0 Å². The minimum atomic E-state index is -5.08. The number of carboxylic acids is 4. The molecule has 3 atom stereocenters. The van der Waals surface area contributed by atoms with E-state index in [1.807, 2.05) is 0 Å². The molecule has 1 saturated carbocycles. The summed E-state index contributed by atoms with van der Waals surface area (Å²) in [5.41, 5.74) is 11.8. The van der Waals surface area contributed by atoms with Gasteiger partial charge in [-0.25, -0.2) is 9.59 Å². The molecule has 0 spiro atoms. The Hall–Kier alpha value is -5.21. The van der Waals surface area contributed by atoms with Crippen LogP contribution in [0.3, 0.4) is 0 Å². The topological polar surface area (TPSA) is 542 Å². The van der Waals surface area contributed by atoms with E-state index in [-0.39, 0.29) is 141 Å². The molecule has 0 saturated heterocycles. The zero-order valence-electron chi connectivity index (χ0n) is 81.6. The van der Waals surface area contributed by atoms with Gasteiger partial charge >= 0.3 is 24.3 Å². The van der Waals surface area contributed by atoms with Gasteiger partial charge in [0.2, 0.25) is 0 Å². The van der Waals surface area contributed by atoms with Crippen LogP contribution < -0.4 is 42.5 Å². The first-order valence-electron chi connectivity index (χ1n) is 42.2. The minimum absolute atomic E-state index is 0. The molecule has 0 amide bonds. The molecule has 1 fully saturated rings. The number of hydrogen-bond donors (Lipinski definition) is 20. The Morgan fingerprint density at radius 1 is 0.397 bits per heavy atom. The van der Waals surface area contributed by atoms with Crippen molar-refractivity contribution in [3.8, 4) is 23.0 Å². The number of aliphatic hydroxyl groups is 8. The van der Waals surface area contributed by atoms with E-state index in [4.69, 9.17) is 101 Å². The Morgan fingerprint density at radius 2 is 0.550 bits per heavy atom. The number of benzene rings is 4. The maximum absolute atomic E-state index is 10.6. The second-order valence-electron chi connectivity index (χ2n) is 39.5. The normalized spacial score (nSPS) is 17.6. The number of aliphatic hydroxyl groups excluding tert-OH is 8. The van der Waals surface area contributed by atoms with E-state index in [2.05, 4.69) is 230 Å². The van der Waals surface area contributed by atoms with Gasteiger partial charge in [0.15, 0.2) is 0 Å². The van der Waals surface area contributed by atoms with Crippen LogP contribution in [-0.2, 0) is 171 Å². The quantitative estimate of drug-likeness (QED) is 0.0270. The molecule has 8 bridgehead atoms. The van der Waals surface area contributed by atoms with Gasteiger partial charge < -0.3 is 124 Å². The van der Waals surface area contributed by atoms with Crippen molar-refractivity contribution in [3.05, 3.63) is 125 Å². The van der Waals surface area contributed by atoms with Crippen molar-refractivity contribution in [2.75, 3.05) is 85.4 Å². The zero-order chi connectivity index (χ0) is 99.1. The van der Waals surface area contributed by atoms with Gasteiger partial charge in [-0.05, 0) is 133 Å². The van der Waals surface area contributed by atoms with Crippen molar-refractivity contribution >= 4 is 23.9 Å². The first-order chi connectivity index (χ1) is 57.8. The Morgan fingerprint density at radius 3 is 0.634 bits per heavy atom. The molecular formula is C90H157F6N9O22Zn4+4. The summed E-state index contributed by atoms with van der Waals surface area (Å²) in [5.74, 6) is -4.61. The molecule has 2 heterocycles. The number of nitrogens with zero attached hydrogens (tertiary/aromatic N) is 1. The molecule has 1 aliphatic carbocycles. The number of fused-ring (bicyclic) bond motifs is 8. The van der Waals surface area contributed by atoms with Crippen molar-refractivity contribution in [2.24, 2.45) is 21.7 Å². The van der Waals surface area contributed by atoms with Gasteiger partial charge in [0.25, 0.3) is 40.5 Å². The number of nitrogens with one attached hydrogen (secondary N) is 8. The van der Waals surface area contributed by atoms with Crippen molar-refractivity contribution in [1.82, 2.24) is 42.5 Å². The third-order valence-electron chi connectivity index (χ3n) is 20.1. The van der Waals surface area contributed by atoms with Gasteiger partial charge in [0, 0.05) is 208 Å². The molecule has 740 valence electrons. The van der Waals surface area contributed by atoms with Crippen molar-refractivity contribution < 1.29 is 210 Å². The van der Waals surface area contributed by atoms with E-state index in [1.165, 1.54) is 22.3 Å². The van der Waals surface area contributed by atoms with Gasteiger partial charge in [-0.1, -0.05) is 151 Å². The first kappa shape index (κ1) is 137. The molecular weight excluding hydrogens is 1930 g/mol. The molecule has 2 aliphatic heterocycles. The zero-order valence-corrected chi connectivity index (χ0v) is 93.5. The number of nitro groups is 1. The van der Waals surface area contributed by atoms with Crippen LogP contribution in [0, 0.1) is 31.8 Å². The first-order valence-corrected chi connectivity index (χ1v) is 42.2. The maximum atomic E-state index is 10.6. The predicted molar refractivity (Wildman–Crippen MR) is 482 cm³/mol. The summed E-state index contributed by atoms with van der Waals surface area (Å²) in [6.07, 6.45) is -7.84. The number of carbonyl (C=O) groups is 4. The maximum Gasteiger partial charge on any atom is 0.490 e. The summed E-state index contributed by atoms with van der Waals surface area (Å²) in [4.78, 5) is 44.9. The molecule has 4 aromatic carbocycles. The third-order valence-corrected chi connectivity index (χ3v) is 20.1. The summed E-state index contributed by atoms with van der Waals surface area (Å²) < 4.78 is 63.5. The Balaban J connectivity index is -0.000000392. The number of rotatable bonds is 7. The number of aliphatic carboxylic acids is 4. The summed E-state index contributed by atoms with van der Waals surface area (Å²) in [6.45, 7) is 56.5. The fourth-order valence-electron chi connectivity index (χ4n) is 12.1. The van der Waals surface area contributed by atoms with Crippen LogP contribution in [0.15, 0.2) is 48.5 Å². The minimum Gasteiger partial charge on any atom is -0.593 e. The number of hydrogen-bond acceptors (Lipinski definition) is 22. The smallest absolute Gasteiger partial charge is 0.490 e. The van der Waals surface area contributed by atoms with Gasteiger partial charge in [0.05, 0.1) is 69.4 Å². The van der Waals surface area contributed by atoms with E-state index in [0.717, 1.165) is 136 Å². The van der Waals surface area contributed by atoms with Crippen molar-refractivity contribution in [3.63, 3.8) is 0 Å². The number of carboxylic acid groups (broad SMARTS) is 4. The molecule has 31 nitrogen and oxygen atoms in total. The van der Waals surface area contributed by atoms with E-state index in [9.17, 15) is 36.5 Å². The van der Waals surface area contributed by atoms with Crippen LogP contribution in [0.4, 0.5) is 26.3 Å². The Kier molecular flexibility index (Phi) is 65.2. The summed E-state index contributed by atoms with van der Waals surface area (Å²) in [6, 6.07) is 17.8. The van der Waals surface area contributed by atoms with Gasteiger partial charge in [-0.15, -0.1) is 0 Å². The average Bonchev–Trinajstić information content (AvgIpc) is 0.818. The SMILES string of the molecule is CC(=O)O.CC(=O)O.CC1(C)CNCc2cc(C(C)(C)C)cc(c2[OH2+])CNCC(C)(C)CNCc2cc(C(C)(C)C)cc(c2[OH2+])CNC1.CC1(C)CNCc2cc(C(C)(C)C)cc(c2[OH2+])CNCC(C)(C)CNCc2cc(C(C)(C)C)cc(c2[OH2+])CNC1.O=C(O)C(F)(F)F.O=C(O)C(F)(F)F.O=[N+]([O-])C(CO)(CO)CO.OC1CCCCC1O.OCCC(O)CO.[Zn].[Zn].[Zn].[Zn]. The van der Waals surface area contributed by atoms with Gasteiger partial charge in [-0.2, -0.15) is 26.3 Å². The number of halogens is 6. The van der Waals surface area contributed by atoms with Crippen molar-refractivity contribution in [1.29, 1.82) is 0 Å². The predicted octanol–water partition coefficient (Wildman–Crippen LogP) is 8.99. The molecule has 131 heavy (non-hydrogen) atoms. The Labute approximate surface area is 821 Å². The van der Waals surface area contributed by atoms with E-state index >= 15 is 0 Å². The molecule has 41 heteroatoms. The third kappa shape index (κ3) is 56.9. The molecule has 4 aromatic rings. The summed E-state index contributed by atoms with van der Waals surface area (Å²) in [7, 11) is 0. The molecule has 3 unspecified atom stereocenters. The van der Waals surface area contributed by atoms with Crippen LogP contribution in [0.5, 0.6) is 23.0 Å². The molecule has 28 N–H and O–H groups in total. The largest absolute Gasteiger partial charge is 0.593 e.